The smallest absolute Gasteiger partial charge is 0.278 e. The Hall–Kier alpha value is -3.61. The summed E-state index contributed by atoms with van der Waals surface area (Å²) < 4.78 is 10.7. The van der Waals surface area contributed by atoms with Crippen LogP contribution in [0.2, 0.25) is 0 Å². The average molecular weight is 362 g/mol. The zero-order valence-electron chi connectivity index (χ0n) is 14.8. The minimum atomic E-state index is -0.212. The van der Waals surface area contributed by atoms with E-state index in [1.54, 1.807) is 18.1 Å². The fourth-order valence-corrected chi connectivity index (χ4v) is 2.71. The lowest BCUT2D eigenvalue weighted by molar-refractivity contribution is 0.0988. The summed E-state index contributed by atoms with van der Waals surface area (Å²) in [4.78, 5) is 22.6. The molecule has 0 bridgehead atoms. The van der Waals surface area contributed by atoms with Crippen LogP contribution in [0.1, 0.15) is 16.1 Å². The van der Waals surface area contributed by atoms with Crippen LogP contribution in [0.5, 0.6) is 11.5 Å². The monoisotopic (exact) mass is 362 g/mol. The second-order valence-corrected chi connectivity index (χ2v) is 6.03. The van der Waals surface area contributed by atoms with Crippen LogP contribution in [0, 0.1) is 0 Å². The molecule has 0 fully saturated rings. The highest BCUT2D eigenvalue weighted by atomic mass is 16.7. The molecular weight excluding hydrogens is 344 g/mol. The summed E-state index contributed by atoms with van der Waals surface area (Å²) in [5, 5.41) is 3.18. The molecule has 2 heterocycles. The number of amides is 1. The van der Waals surface area contributed by atoms with Crippen molar-refractivity contribution in [1.29, 1.82) is 0 Å². The fraction of sp³-hybridized carbons (Fsp3) is 0.150. The third-order valence-corrected chi connectivity index (χ3v) is 4.23. The van der Waals surface area contributed by atoms with Crippen molar-refractivity contribution in [2.45, 2.75) is 6.54 Å². The quantitative estimate of drug-likeness (QED) is 0.752. The lowest BCUT2D eigenvalue weighted by atomic mass is 10.2. The van der Waals surface area contributed by atoms with E-state index in [0.717, 1.165) is 22.7 Å². The normalized spacial score (nSPS) is 11.9. The molecule has 0 radical (unpaired) electrons. The number of para-hydroxylation sites is 1. The summed E-state index contributed by atoms with van der Waals surface area (Å²) in [7, 11) is 1.71. The molecule has 0 unspecified atom stereocenters. The molecule has 7 nitrogen and oxygen atoms in total. The van der Waals surface area contributed by atoms with Crippen molar-refractivity contribution in [3.05, 3.63) is 72.2 Å². The Morgan fingerprint density at radius 1 is 1.07 bits per heavy atom. The molecule has 3 aromatic rings. The third-order valence-electron chi connectivity index (χ3n) is 4.23. The number of nitrogens with one attached hydrogen (secondary N) is 1. The minimum absolute atomic E-state index is 0.212. The van der Waals surface area contributed by atoms with Crippen molar-refractivity contribution in [3.8, 4) is 11.5 Å². The van der Waals surface area contributed by atoms with Gasteiger partial charge in [0.15, 0.2) is 11.5 Å². The topological polar surface area (TPSA) is 76.6 Å². The van der Waals surface area contributed by atoms with E-state index in [9.17, 15) is 4.79 Å². The highest BCUT2D eigenvalue weighted by molar-refractivity contribution is 6.04. The molecule has 1 aliphatic rings. The number of carbonyl (C=O) groups excluding carboxylic acids is 1. The maximum absolute atomic E-state index is 12.5. The number of benzene rings is 2. The first kappa shape index (κ1) is 16.8. The summed E-state index contributed by atoms with van der Waals surface area (Å²) in [5.74, 6) is 1.87. The summed E-state index contributed by atoms with van der Waals surface area (Å²) in [5.41, 5.74) is 2.12. The van der Waals surface area contributed by atoms with Gasteiger partial charge in [-0.25, -0.2) is 9.97 Å². The molecule has 2 aromatic carbocycles. The van der Waals surface area contributed by atoms with Gasteiger partial charge in [0.2, 0.25) is 6.79 Å². The van der Waals surface area contributed by atoms with Crippen LogP contribution in [-0.4, -0.2) is 29.7 Å². The summed E-state index contributed by atoms with van der Waals surface area (Å²) in [6, 6.07) is 15.2. The Bertz CT molecular complexity index is 945. The van der Waals surface area contributed by atoms with E-state index in [-0.39, 0.29) is 18.4 Å². The zero-order valence-corrected chi connectivity index (χ0v) is 14.8. The summed E-state index contributed by atoms with van der Waals surface area (Å²) in [6.45, 7) is 0.813. The minimum Gasteiger partial charge on any atom is -0.454 e. The van der Waals surface area contributed by atoms with Gasteiger partial charge in [-0.3, -0.25) is 4.79 Å². The summed E-state index contributed by atoms with van der Waals surface area (Å²) in [6.07, 6.45) is 3.03. The Kier molecular flexibility index (Phi) is 4.57. The van der Waals surface area contributed by atoms with Crippen molar-refractivity contribution >= 4 is 17.4 Å². The maximum Gasteiger partial charge on any atom is 0.278 e. The van der Waals surface area contributed by atoms with Crippen molar-refractivity contribution < 1.29 is 14.3 Å². The van der Waals surface area contributed by atoms with Crippen molar-refractivity contribution in [2.75, 3.05) is 24.1 Å². The van der Waals surface area contributed by atoms with Crippen LogP contribution < -0.4 is 19.7 Å². The molecule has 27 heavy (non-hydrogen) atoms. The third kappa shape index (κ3) is 3.67. The molecule has 1 aliphatic heterocycles. The molecule has 0 saturated heterocycles. The number of rotatable bonds is 5. The van der Waals surface area contributed by atoms with E-state index in [2.05, 4.69) is 15.3 Å². The van der Waals surface area contributed by atoms with E-state index in [1.165, 1.54) is 6.20 Å². The van der Waals surface area contributed by atoms with Gasteiger partial charge in [-0.15, -0.1) is 0 Å². The molecule has 0 aliphatic carbocycles. The highest BCUT2D eigenvalue weighted by Gasteiger charge is 2.15. The molecular formula is C20H18N4O3. The van der Waals surface area contributed by atoms with E-state index in [4.69, 9.17) is 9.47 Å². The molecule has 136 valence electrons. The van der Waals surface area contributed by atoms with Gasteiger partial charge in [0.1, 0.15) is 11.5 Å². The lowest BCUT2D eigenvalue weighted by Gasteiger charge is -2.16. The van der Waals surface area contributed by atoms with Crippen LogP contribution in [0.25, 0.3) is 0 Å². The van der Waals surface area contributed by atoms with E-state index in [0.29, 0.717) is 12.4 Å². The molecule has 4 rings (SSSR count). The van der Waals surface area contributed by atoms with Gasteiger partial charge in [0.05, 0.1) is 12.4 Å². The number of aromatic nitrogens is 2. The fourth-order valence-electron chi connectivity index (χ4n) is 2.71. The maximum atomic E-state index is 12.5. The Labute approximate surface area is 156 Å². The average Bonchev–Trinajstić information content (AvgIpc) is 3.20. The SMILES string of the molecule is CN(C(=O)c1cnc(NCc2ccc3c(c2)OCO3)cn1)c1ccccc1. The number of fused-ring (bicyclic) bond motifs is 1. The number of nitrogens with zero attached hydrogens (tertiary/aromatic N) is 3. The van der Waals surface area contributed by atoms with Gasteiger partial charge < -0.3 is 19.7 Å². The molecule has 0 spiro atoms. The molecule has 0 saturated carbocycles. The number of ether oxygens (including phenoxy) is 2. The van der Waals surface area contributed by atoms with Crippen LogP contribution in [0.3, 0.4) is 0 Å². The van der Waals surface area contributed by atoms with Gasteiger partial charge >= 0.3 is 0 Å². The van der Waals surface area contributed by atoms with Crippen LogP contribution >= 0.6 is 0 Å². The van der Waals surface area contributed by atoms with E-state index < -0.39 is 0 Å². The Balaban J connectivity index is 1.39. The van der Waals surface area contributed by atoms with Gasteiger partial charge in [-0.2, -0.15) is 0 Å². The predicted molar refractivity (Wildman–Crippen MR) is 101 cm³/mol. The first-order valence-corrected chi connectivity index (χ1v) is 8.48. The van der Waals surface area contributed by atoms with Crippen LogP contribution in [0.4, 0.5) is 11.5 Å². The van der Waals surface area contributed by atoms with Gasteiger partial charge in [0, 0.05) is 19.3 Å². The van der Waals surface area contributed by atoms with Gasteiger partial charge in [0.25, 0.3) is 5.91 Å². The van der Waals surface area contributed by atoms with Crippen molar-refractivity contribution in [2.24, 2.45) is 0 Å². The Morgan fingerprint density at radius 3 is 2.67 bits per heavy atom. The van der Waals surface area contributed by atoms with Crippen molar-refractivity contribution in [3.63, 3.8) is 0 Å². The second-order valence-electron chi connectivity index (χ2n) is 6.03. The van der Waals surface area contributed by atoms with Crippen LogP contribution in [0.15, 0.2) is 60.9 Å². The standard InChI is InChI=1S/C20H18N4O3/c1-24(15-5-3-2-4-6-15)20(25)16-11-23-19(12-21-16)22-10-14-7-8-17-18(9-14)27-13-26-17/h2-9,11-12H,10,13H2,1H3,(H,22,23). The number of carbonyl (C=O) groups is 1. The largest absolute Gasteiger partial charge is 0.454 e. The number of hydrogen-bond acceptors (Lipinski definition) is 6. The van der Waals surface area contributed by atoms with Crippen molar-refractivity contribution in [1.82, 2.24) is 9.97 Å². The van der Waals surface area contributed by atoms with Gasteiger partial charge in [-0.1, -0.05) is 24.3 Å². The Morgan fingerprint density at radius 2 is 1.89 bits per heavy atom. The molecule has 1 N–H and O–H groups in total. The second kappa shape index (κ2) is 7.33. The molecule has 1 amide bonds. The van der Waals surface area contributed by atoms with Gasteiger partial charge in [-0.05, 0) is 29.8 Å². The number of hydrogen-bond donors (Lipinski definition) is 1. The highest BCUT2D eigenvalue weighted by Crippen LogP contribution is 2.32. The summed E-state index contributed by atoms with van der Waals surface area (Å²) >= 11 is 0. The zero-order chi connectivity index (χ0) is 18.6. The predicted octanol–water partition coefficient (Wildman–Crippen LogP) is 3.09. The first-order valence-electron chi connectivity index (χ1n) is 8.48. The first-order chi connectivity index (χ1) is 13.2. The van der Waals surface area contributed by atoms with Crippen LogP contribution in [-0.2, 0) is 6.54 Å². The van der Waals surface area contributed by atoms with E-state index >= 15 is 0 Å². The lowest BCUT2D eigenvalue weighted by Crippen LogP contribution is -2.27. The molecule has 7 heteroatoms. The number of anilines is 2. The molecule has 0 atom stereocenters. The van der Waals surface area contributed by atoms with E-state index in [1.807, 2.05) is 48.5 Å². The molecule has 1 aromatic heterocycles.